The van der Waals surface area contributed by atoms with Gasteiger partial charge >= 0.3 is 0 Å². The summed E-state index contributed by atoms with van der Waals surface area (Å²) in [6, 6.07) is 20.9. The summed E-state index contributed by atoms with van der Waals surface area (Å²) in [6.45, 7) is 8.20. The van der Waals surface area contributed by atoms with E-state index in [0.29, 0.717) is 23.7 Å². The summed E-state index contributed by atoms with van der Waals surface area (Å²) in [5.41, 5.74) is 5.35. The van der Waals surface area contributed by atoms with Crippen LogP contribution < -0.4 is 10.1 Å². The van der Waals surface area contributed by atoms with Crippen molar-refractivity contribution in [2.45, 2.75) is 26.9 Å². The maximum Gasteiger partial charge on any atom is 0.266 e. The summed E-state index contributed by atoms with van der Waals surface area (Å²) in [5.74, 6) is 0.244. The molecule has 1 N–H and O–H groups in total. The number of benzene rings is 3. The molecule has 3 aromatic carbocycles. The SMILES string of the molecule is C=CCc1cc(/C=C(/C#N)C(=O)Nc2ccc(C)c(Cl)c2)ccc1OCc1cccc(C)c1. The number of carbonyl (C=O) groups is 1. The molecule has 0 spiro atoms. The Hall–Kier alpha value is -3.81. The van der Waals surface area contributed by atoms with E-state index in [-0.39, 0.29) is 5.57 Å². The van der Waals surface area contributed by atoms with E-state index in [0.717, 1.165) is 28.0 Å². The van der Waals surface area contributed by atoms with Gasteiger partial charge in [0.15, 0.2) is 0 Å². The van der Waals surface area contributed by atoms with Crippen LogP contribution in [0.1, 0.15) is 27.8 Å². The number of nitrogens with one attached hydrogen (secondary N) is 1. The summed E-state index contributed by atoms with van der Waals surface area (Å²) in [6.07, 6.45) is 3.95. The molecule has 0 aromatic heterocycles. The third-order valence-electron chi connectivity index (χ3n) is 5.03. The van der Waals surface area contributed by atoms with Crippen molar-refractivity contribution >= 4 is 29.3 Å². The monoisotopic (exact) mass is 456 g/mol. The molecule has 0 aliphatic carbocycles. The molecule has 4 nitrogen and oxygen atoms in total. The predicted molar refractivity (Wildman–Crippen MR) is 134 cm³/mol. The lowest BCUT2D eigenvalue weighted by Gasteiger charge is -2.12. The van der Waals surface area contributed by atoms with E-state index >= 15 is 0 Å². The fraction of sp³-hybridized carbons (Fsp3) is 0.143. The van der Waals surface area contributed by atoms with E-state index in [1.807, 2.05) is 62.4 Å². The van der Waals surface area contributed by atoms with E-state index in [4.69, 9.17) is 16.3 Å². The van der Waals surface area contributed by atoms with E-state index in [9.17, 15) is 10.1 Å². The van der Waals surface area contributed by atoms with Crippen LogP contribution in [0.5, 0.6) is 5.75 Å². The number of carbonyl (C=O) groups excluding carboxylic acids is 1. The minimum absolute atomic E-state index is 0.00956. The van der Waals surface area contributed by atoms with Crippen molar-refractivity contribution in [3.05, 3.63) is 112 Å². The van der Waals surface area contributed by atoms with E-state index in [1.54, 1.807) is 24.3 Å². The van der Waals surface area contributed by atoms with Crippen LogP contribution >= 0.6 is 11.6 Å². The van der Waals surface area contributed by atoms with Gasteiger partial charge in [-0.25, -0.2) is 0 Å². The zero-order valence-corrected chi connectivity index (χ0v) is 19.4. The second kappa shape index (κ2) is 11.2. The molecule has 3 aromatic rings. The summed E-state index contributed by atoms with van der Waals surface area (Å²) in [5, 5.41) is 12.8. The molecule has 0 saturated heterocycles. The van der Waals surface area contributed by atoms with Gasteiger partial charge in [-0.3, -0.25) is 4.79 Å². The van der Waals surface area contributed by atoms with Crippen LogP contribution in [-0.2, 0) is 17.8 Å². The molecule has 0 fully saturated rings. The molecule has 0 atom stereocenters. The van der Waals surface area contributed by atoms with Crippen LogP contribution in [0.15, 0.2) is 78.9 Å². The number of hydrogen-bond donors (Lipinski definition) is 1. The van der Waals surface area contributed by atoms with Crippen molar-refractivity contribution in [3.8, 4) is 11.8 Å². The van der Waals surface area contributed by atoms with Crippen molar-refractivity contribution in [1.82, 2.24) is 0 Å². The Morgan fingerprint density at radius 1 is 1.15 bits per heavy atom. The molecule has 166 valence electrons. The van der Waals surface area contributed by atoms with Gasteiger partial charge in [-0.1, -0.05) is 59.6 Å². The molecule has 0 heterocycles. The van der Waals surface area contributed by atoms with Gasteiger partial charge in [0.25, 0.3) is 5.91 Å². The number of nitriles is 1. The molecular weight excluding hydrogens is 432 g/mol. The van der Waals surface area contributed by atoms with Gasteiger partial charge in [-0.2, -0.15) is 5.26 Å². The minimum atomic E-state index is -0.498. The van der Waals surface area contributed by atoms with E-state index < -0.39 is 5.91 Å². The number of halogens is 1. The Labute approximate surface area is 199 Å². The highest BCUT2D eigenvalue weighted by atomic mass is 35.5. The summed E-state index contributed by atoms with van der Waals surface area (Å²) < 4.78 is 6.04. The predicted octanol–water partition coefficient (Wildman–Crippen LogP) is 6.81. The second-order valence-electron chi connectivity index (χ2n) is 7.73. The minimum Gasteiger partial charge on any atom is -0.489 e. The Morgan fingerprint density at radius 2 is 1.97 bits per heavy atom. The fourth-order valence-corrected chi connectivity index (χ4v) is 3.47. The third-order valence-corrected chi connectivity index (χ3v) is 5.44. The van der Waals surface area contributed by atoms with Crippen LogP contribution in [0.2, 0.25) is 5.02 Å². The van der Waals surface area contributed by atoms with Gasteiger partial charge in [-0.15, -0.1) is 6.58 Å². The summed E-state index contributed by atoms with van der Waals surface area (Å²) in [7, 11) is 0. The molecule has 0 unspecified atom stereocenters. The molecule has 0 aliphatic heterocycles. The largest absolute Gasteiger partial charge is 0.489 e. The smallest absolute Gasteiger partial charge is 0.266 e. The van der Waals surface area contributed by atoms with Crippen molar-refractivity contribution in [1.29, 1.82) is 5.26 Å². The first kappa shape index (κ1) is 23.8. The first-order chi connectivity index (χ1) is 15.9. The zero-order valence-electron chi connectivity index (χ0n) is 18.7. The van der Waals surface area contributed by atoms with Crippen molar-refractivity contribution in [2.75, 3.05) is 5.32 Å². The number of ether oxygens (including phenoxy) is 1. The lowest BCUT2D eigenvalue weighted by atomic mass is 10.0. The number of nitrogens with zero attached hydrogens (tertiary/aromatic N) is 1. The average Bonchev–Trinajstić information content (AvgIpc) is 2.79. The highest BCUT2D eigenvalue weighted by Crippen LogP contribution is 2.25. The Bertz CT molecular complexity index is 1250. The highest BCUT2D eigenvalue weighted by Gasteiger charge is 2.12. The second-order valence-corrected chi connectivity index (χ2v) is 8.13. The molecule has 0 bridgehead atoms. The van der Waals surface area contributed by atoms with Crippen molar-refractivity contribution in [3.63, 3.8) is 0 Å². The normalized spacial score (nSPS) is 10.9. The highest BCUT2D eigenvalue weighted by molar-refractivity contribution is 6.31. The first-order valence-electron chi connectivity index (χ1n) is 10.5. The first-order valence-corrected chi connectivity index (χ1v) is 10.9. The quantitative estimate of drug-likeness (QED) is 0.230. The topological polar surface area (TPSA) is 62.1 Å². The molecule has 0 radical (unpaired) electrons. The van der Waals surface area contributed by atoms with Crippen LogP contribution in [0.3, 0.4) is 0 Å². The maximum absolute atomic E-state index is 12.6. The lowest BCUT2D eigenvalue weighted by molar-refractivity contribution is -0.112. The molecule has 1 amide bonds. The number of amides is 1. The van der Waals surface area contributed by atoms with Crippen molar-refractivity contribution < 1.29 is 9.53 Å². The Balaban J connectivity index is 1.79. The van der Waals surface area contributed by atoms with Gasteiger partial charge in [0.2, 0.25) is 0 Å². The summed E-state index contributed by atoms with van der Waals surface area (Å²) >= 11 is 6.12. The molecule has 0 aliphatic rings. The number of rotatable bonds is 8. The van der Waals surface area contributed by atoms with Crippen LogP contribution in [0.25, 0.3) is 6.08 Å². The summed E-state index contributed by atoms with van der Waals surface area (Å²) in [4.78, 5) is 12.6. The van der Waals surface area contributed by atoms with Gasteiger partial charge in [0, 0.05) is 10.7 Å². The van der Waals surface area contributed by atoms with Gasteiger partial charge < -0.3 is 10.1 Å². The van der Waals surface area contributed by atoms with Crippen LogP contribution in [-0.4, -0.2) is 5.91 Å². The van der Waals surface area contributed by atoms with Gasteiger partial charge in [0.1, 0.15) is 24.0 Å². The molecule has 3 rings (SSSR count). The van der Waals surface area contributed by atoms with Crippen LogP contribution in [0.4, 0.5) is 5.69 Å². The molecule has 5 heteroatoms. The zero-order chi connectivity index (χ0) is 23.8. The van der Waals surface area contributed by atoms with Crippen LogP contribution in [0, 0.1) is 25.2 Å². The van der Waals surface area contributed by atoms with Crippen molar-refractivity contribution in [2.24, 2.45) is 0 Å². The number of anilines is 1. The number of aryl methyl sites for hydroxylation is 2. The fourth-order valence-electron chi connectivity index (χ4n) is 3.29. The Morgan fingerprint density at radius 3 is 2.67 bits per heavy atom. The Kier molecular flexibility index (Phi) is 8.07. The van der Waals surface area contributed by atoms with Gasteiger partial charge in [0.05, 0.1) is 0 Å². The lowest BCUT2D eigenvalue weighted by Crippen LogP contribution is -2.13. The third kappa shape index (κ3) is 6.58. The number of hydrogen-bond acceptors (Lipinski definition) is 3. The maximum atomic E-state index is 12.6. The molecular formula is C28H25ClN2O2. The van der Waals surface area contributed by atoms with E-state index in [2.05, 4.69) is 18.0 Å². The average molecular weight is 457 g/mol. The molecule has 33 heavy (non-hydrogen) atoms. The van der Waals surface area contributed by atoms with E-state index in [1.165, 1.54) is 5.56 Å². The van der Waals surface area contributed by atoms with Gasteiger partial charge in [-0.05, 0) is 72.9 Å². The standard InChI is InChI=1S/C28H25ClN2O2/c1-4-6-23-14-21(10-12-27(23)33-18-22-8-5-7-19(2)13-22)15-24(17-30)28(32)31-25-11-9-20(3)26(29)16-25/h4-5,7-16H,1,6,18H2,2-3H3,(H,31,32)/b24-15-. The number of allylic oxidation sites excluding steroid dienone is 1. The molecule has 0 saturated carbocycles.